The van der Waals surface area contributed by atoms with Crippen molar-refractivity contribution in [3.63, 3.8) is 0 Å². The Morgan fingerprint density at radius 3 is 2.34 bits per heavy atom. The molecular formula is C23H26N4O5. The van der Waals surface area contributed by atoms with Gasteiger partial charge in [0.05, 0.1) is 18.4 Å². The number of likely N-dealkylation sites (tertiary alicyclic amines) is 1. The lowest BCUT2D eigenvalue weighted by atomic mass is 10.1. The van der Waals surface area contributed by atoms with E-state index in [9.17, 15) is 14.4 Å². The van der Waals surface area contributed by atoms with E-state index in [1.165, 1.54) is 7.11 Å². The second kappa shape index (κ2) is 11.5. The van der Waals surface area contributed by atoms with Crippen LogP contribution in [0.1, 0.15) is 28.8 Å². The summed E-state index contributed by atoms with van der Waals surface area (Å²) in [5.74, 6) is -0.707. The molecule has 3 amide bonds. The number of carbonyl (C=O) groups is 3. The van der Waals surface area contributed by atoms with E-state index >= 15 is 0 Å². The molecule has 0 aromatic heterocycles. The topological polar surface area (TPSA) is 109 Å². The number of methoxy groups -OCH3 is 1. The minimum Gasteiger partial charge on any atom is -0.465 e. The number of nitrogens with one attached hydrogen (secondary N) is 2. The van der Waals surface area contributed by atoms with Crippen LogP contribution in [0.25, 0.3) is 0 Å². The third-order valence-corrected chi connectivity index (χ3v) is 4.91. The van der Waals surface area contributed by atoms with Gasteiger partial charge in [0, 0.05) is 38.2 Å². The van der Waals surface area contributed by atoms with Gasteiger partial charge in [-0.05, 0) is 29.8 Å². The van der Waals surface area contributed by atoms with Gasteiger partial charge in [0.2, 0.25) is 0 Å². The molecule has 0 saturated carbocycles. The van der Waals surface area contributed by atoms with Gasteiger partial charge in [0.25, 0.3) is 5.91 Å². The first-order valence-electron chi connectivity index (χ1n) is 10.3. The quantitative estimate of drug-likeness (QED) is 0.510. The van der Waals surface area contributed by atoms with E-state index in [1.807, 2.05) is 30.3 Å². The highest BCUT2D eigenvalue weighted by atomic mass is 16.6. The van der Waals surface area contributed by atoms with Crippen LogP contribution in [-0.4, -0.2) is 55.3 Å². The van der Waals surface area contributed by atoms with Gasteiger partial charge in [0.1, 0.15) is 0 Å². The molecule has 3 rings (SSSR count). The Morgan fingerprint density at radius 2 is 1.69 bits per heavy atom. The molecule has 2 aromatic carbocycles. The highest BCUT2D eigenvalue weighted by Gasteiger charge is 2.20. The van der Waals surface area contributed by atoms with Gasteiger partial charge in [0.15, 0.2) is 6.61 Å². The maximum absolute atomic E-state index is 12.3. The van der Waals surface area contributed by atoms with E-state index < -0.39 is 5.97 Å². The van der Waals surface area contributed by atoms with Gasteiger partial charge >= 0.3 is 12.0 Å². The standard InChI is InChI=1S/C23H26N4O5/c1-31-22(29)18-9-7-17(8-10-18)15-24-21(28)16-32-26-20-11-13-27(14-12-20)23(30)25-19-5-3-2-4-6-19/h2-10H,11-16H2,1H3,(H,24,28)(H,25,30). The fourth-order valence-corrected chi connectivity index (χ4v) is 3.09. The number of carbonyl (C=O) groups excluding carboxylic acids is 3. The average Bonchev–Trinajstić information content (AvgIpc) is 2.83. The average molecular weight is 438 g/mol. The minimum atomic E-state index is -0.407. The van der Waals surface area contributed by atoms with Gasteiger partial charge in [-0.2, -0.15) is 0 Å². The minimum absolute atomic E-state index is 0.143. The number of amides is 3. The number of rotatable bonds is 7. The lowest BCUT2D eigenvalue weighted by molar-refractivity contribution is -0.125. The van der Waals surface area contributed by atoms with Crippen molar-refractivity contribution in [2.24, 2.45) is 5.16 Å². The number of benzene rings is 2. The van der Waals surface area contributed by atoms with Crippen LogP contribution in [0, 0.1) is 0 Å². The fraction of sp³-hybridized carbons (Fsp3) is 0.304. The largest absolute Gasteiger partial charge is 0.465 e. The first-order valence-corrected chi connectivity index (χ1v) is 10.3. The normalized spacial score (nSPS) is 13.2. The Balaban J connectivity index is 1.34. The predicted molar refractivity (Wildman–Crippen MR) is 119 cm³/mol. The van der Waals surface area contributed by atoms with Crippen molar-refractivity contribution in [2.75, 3.05) is 32.1 Å². The van der Waals surface area contributed by atoms with Crippen LogP contribution in [0.15, 0.2) is 59.8 Å². The molecule has 0 aliphatic carbocycles. The molecule has 32 heavy (non-hydrogen) atoms. The highest BCUT2D eigenvalue weighted by molar-refractivity contribution is 5.92. The number of para-hydroxylation sites is 1. The smallest absolute Gasteiger partial charge is 0.337 e. The lowest BCUT2D eigenvalue weighted by Gasteiger charge is -2.27. The van der Waals surface area contributed by atoms with Crippen molar-refractivity contribution < 1.29 is 24.0 Å². The van der Waals surface area contributed by atoms with Gasteiger partial charge in [-0.3, -0.25) is 4.79 Å². The Kier molecular flexibility index (Phi) is 8.19. The molecule has 0 spiro atoms. The highest BCUT2D eigenvalue weighted by Crippen LogP contribution is 2.12. The van der Waals surface area contributed by atoms with E-state index in [-0.39, 0.29) is 18.5 Å². The number of urea groups is 1. The van der Waals surface area contributed by atoms with E-state index in [4.69, 9.17) is 4.84 Å². The zero-order valence-electron chi connectivity index (χ0n) is 17.9. The Morgan fingerprint density at radius 1 is 1.00 bits per heavy atom. The molecule has 168 valence electrons. The number of esters is 1. The summed E-state index contributed by atoms with van der Waals surface area (Å²) in [7, 11) is 1.33. The summed E-state index contributed by atoms with van der Waals surface area (Å²) >= 11 is 0. The summed E-state index contributed by atoms with van der Waals surface area (Å²) in [5.41, 5.74) is 2.87. The Labute approximate surface area is 186 Å². The summed E-state index contributed by atoms with van der Waals surface area (Å²) in [6.07, 6.45) is 1.19. The summed E-state index contributed by atoms with van der Waals surface area (Å²) in [5, 5.41) is 9.64. The van der Waals surface area contributed by atoms with Crippen molar-refractivity contribution in [3.8, 4) is 0 Å². The molecule has 2 aromatic rings. The molecule has 1 heterocycles. The number of piperidine rings is 1. The van der Waals surface area contributed by atoms with Gasteiger partial charge in [-0.25, -0.2) is 9.59 Å². The number of anilines is 1. The molecule has 0 unspecified atom stereocenters. The zero-order valence-corrected chi connectivity index (χ0v) is 17.9. The van der Waals surface area contributed by atoms with E-state index in [0.29, 0.717) is 38.0 Å². The predicted octanol–water partition coefficient (Wildman–Crippen LogP) is 2.79. The van der Waals surface area contributed by atoms with Crippen molar-refractivity contribution in [3.05, 3.63) is 65.7 Å². The van der Waals surface area contributed by atoms with Crippen LogP contribution in [0.4, 0.5) is 10.5 Å². The van der Waals surface area contributed by atoms with E-state index in [2.05, 4.69) is 20.5 Å². The third-order valence-electron chi connectivity index (χ3n) is 4.91. The SMILES string of the molecule is COC(=O)c1ccc(CNC(=O)CON=C2CCN(C(=O)Nc3ccccc3)CC2)cc1. The molecule has 1 saturated heterocycles. The number of ether oxygens (including phenoxy) is 1. The van der Waals surface area contributed by atoms with Crippen LogP contribution in [0.2, 0.25) is 0 Å². The van der Waals surface area contributed by atoms with E-state index in [0.717, 1.165) is 17.0 Å². The number of nitrogens with zero attached hydrogens (tertiary/aromatic N) is 2. The summed E-state index contributed by atoms with van der Waals surface area (Å²) in [6, 6.07) is 15.9. The molecule has 9 heteroatoms. The fourth-order valence-electron chi connectivity index (χ4n) is 3.09. The molecule has 0 atom stereocenters. The second-order valence-corrected chi connectivity index (χ2v) is 7.18. The molecule has 2 N–H and O–H groups in total. The Bertz CT molecular complexity index is 950. The molecule has 1 aliphatic rings. The van der Waals surface area contributed by atoms with Crippen molar-refractivity contribution in [1.29, 1.82) is 0 Å². The maximum Gasteiger partial charge on any atom is 0.337 e. The van der Waals surface area contributed by atoms with Crippen LogP contribution in [0.5, 0.6) is 0 Å². The van der Waals surface area contributed by atoms with Crippen LogP contribution >= 0.6 is 0 Å². The molecule has 0 bridgehead atoms. The summed E-state index contributed by atoms with van der Waals surface area (Å²) < 4.78 is 4.65. The van der Waals surface area contributed by atoms with Crippen LogP contribution in [0.3, 0.4) is 0 Å². The van der Waals surface area contributed by atoms with Gasteiger partial charge < -0.3 is 25.1 Å². The van der Waals surface area contributed by atoms with Crippen molar-refractivity contribution in [1.82, 2.24) is 10.2 Å². The van der Waals surface area contributed by atoms with Gasteiger partial charge in [-0.15, -0.1) is 0 Å². The third kappa shape index (κ3) is 6.83. The molecule has 0 radical (unpaired) electrons. The summed E-state index contributed by atoms with van der Waals surface area (Å²) in [6.45, 7) is 1.19. The Hall–Kier alpha value is -3.88. The van der Waals surface area contributed by atoms with Crippen LogP contribution in [-0.2, 0) is 20.9 Å². The van der Waals surface area contributed by atoms with Gasteiger partial charge in [-0.1, -0.05) is 35.5 Å². The molecular weight excluding hydrogens is 412 g/mol. The first-order chi connectivity index (χ1) is 15.5. The van der Waals surface area contributed by atoms with Crippen molar-refractivity contribution >= 4 is 29.3 Å². The maximum atomic E-state index is 12.3. The molecule has 9 nitrogen and oxygen atoms in total. The summed E-state index contributed by atoms with van der Waals surface area (Å²) in [4.78, 5) is 42.6. The second-order valence-electron chi connectivity index (χ2n) is 7.18. The van der Waals surface area contributed by atoms with E-state index in [1.54, 1.807) is 29.2 Å². The number of hydrogen-bond donors (Lipinski definition) is 2. The molecule has 1 fully saturated rings. The van der Waals surface area contributed by atoms with Crippen LogP contribution < -0.4 is 10.6 Å². The first kappa shape index (κ1) is 22.8. The lowest BCUT2D eigenvalue weighted by Crippen LogP contribution is -2.41. The monoisotopic (exact) mass is 438 g/mol. The molecule has 1 aliphatic heterocycles. The number of oxime groups is 1. The van der Waals surface area contributed by atoms with Crippen molar-refractivity contribution in [2.45, 2.75) is 19.4 Å². The number of hydrogen-bond acceptors (Lipinski definition) is 6. The zero-order chi connectivity index (χ0) is 22.8.